The summed E-state index contributed by atoms with van der Waals surface area (Å²) in [5.74, 6) is -0.395. The molecule has 0 saturated carbocycles. The van der Waals surface area contributed by atoms with Crippen LogP contribution in [0, 0.1) is 0 Å². The highest BCUT2D eigenvalue weighted by molar-refractivity contribution is 5.61. The number of benzene rings is 1. The molecule has 5 heteroatoms. The van der Waals surface area contributed by atoms with Gasteiger partial charge in [-0.05, 0) is 12.1 Å². The SMILES string of the molecule is Cn1nc(-c2ccccc2O)oc1=O. The lowest BCUT2D eigenvalue weighted by Gasteiger charge is -1.96. The van der Waals surface area contributed by atoms with E-state index in [0.29, 0.717) is 5.56 Å². The van der Waals surface area contributed by atoms with Crippen molar-refractivity contribution >= 4 is 0 Å². The summed E-state index contributed by atoms with van der Waals surface area (Å²) in [6, 6.07) is 6.54. The van der Waals surface area contributed by atoms with Gasteiger partial charge >= 0.3 is 5.76 Å². The highest BCUT2D eigenvalue weighted by atomic mass is 16.4. The summed E-state index contributed by atoms with van der Waals surface area (Å²) in [6.45, 7) is 0. The molecule has 1 N–H and O–H groups in total. The molecule has 0 spiro atoms. The summed E-state index contributed by atoms with van der Waals surface area (Å²) < 4.78 is 5.89. The molecule has 1 aromatic heterocycles. The number of phenolic OH excluding ortho intramolecular Hbond substituents is 1. The fraction of sp³-hybridized carbons (Fsp3) is 0.111. The van der Waals surface area contributed by atoms with Crippen LogP contribution in [0.15, 0.2) is 33.5 Å². The first-order valence-electron chi connectivity index (χ1n) is 4.01. The molecule has 0 aliphatic carbocycles. The van der Waals surface area contributed by atoms with Crippen LogP contribution in [-0.4, -0.2) is 14.9 Å². The molecule has 14 heavy (non-hydrogen) atoms. The van der Waals surface area contributed by atoms with Crippen LogP contribution in [0.25, 0.3) is 11.5 Å². The smallest absolute Gasteiger partial charge is 0.437 e. The van der Waals surface area contributed by atoms with Crippen LogP contribution in [0.5, 0.6) is 5.75 Å². The topological polar surface area (TPSA) is 68.3 Å². The van der Waals surface area contributed by atoms with Crippen molar-refractivity contribution in [3.8, 4) is 17.2 Å². The zero-order chi connectivity index (χ0) is 10.1. The van der Waals surface area contributed by atoms with Gasteiger partial charge in [-0.25, -0.2) is 4.79 Å². The fourth-order valence-corrected chi connectivity index (χ4v) is 1.11. The Kier molecular flexibility index (Phi) is 1.85. The molecule has 0 fully saturated rings. The number of aryl methyl sites for hydroxylation is 1. The van der Waals surface area contributed by atoms with Gasteiger partial charge in [-0.3, -0.25) is 0 Å². The number of hydrogen-bond donors (Lipinski definition) is 1. The average Bonchev–Trinajstić information content (AvgIpc) is 2.48. The number of nitrogens with zero attached hydrogens (tertiary/aromatic N) is 2. The number of aromatic nitrogens is 2. The van der Waals surface area contributed by atoms with E-state index >= 15 is 0 Å². The number of phenols is 1. The van der Waals surface area contributed by atoms with Crippen LogP contribution in [0.1, 0.15) is 0 Å². The van der Waals surface area contributed by atoms with Crippen LogP contribution >= 0.6 is 0 Å². The van der Waals surface area contributed by atoms with Gasteiger partial charge in [0, 0.05) is 7.05 Å². The summed E-state index contributed by atoms with van der Waals surface area (Å²) >= 11 is 0. The highest BCUT2D eigenvalue weighted by Gasteiger charge is 2.10. The third kappa shape index (κ3) is 1.28. The van der Waals surface area contributed by atoms with Crippen LogP contribution in [0.2, 0.25) is 0 Å². The molecule has 0 radical (unpaired) electrons. The molecule has 1 aromatic carbocycles. The molecule has 2 rings (SSSR count). The van der Waals surface area contributed by atoms with Gasteiger partial charge in [0.05, 0.1) is 5.56 Å². The first-order chi connectivity index (χ1) is 6.68. The van der Waals surface area contributed by atoms with Crippen molar-refractivity contribution in [1.82, 2.24) is 9.78 Å². The van der Waals surface area contributed by atoms with Gasteiger partial charge in [0.2, 0.25) is 0 Å². The van der Waals surface area contributed by atoms with Crippen molar-refractivity contribution in [2.45, 2.75) is 0 Å². The Hall–Kier alpha value is -2.04. The van der Waals surface area contributed by atoms with E-state index in [9.17, 15) is 9.90 Å². The second-order valence-electron chi connectivity index (χ2n) is 2.81. The molecule has 0 unspecified atom stereocenters. The van der Waals surface area contributed by atoms with Crippen molar-refractivity contribution in [2.24, 2.45) is 7.05 Å². The van der Waals surface area contributed by atoms with Crippen molar-refractivity contribution in [1.29, 1.82) is 0 Å². The minimum absolute atomic E-state index is 0.0364. The van der Waals surface area contributed by atoms with Gasteiger partial charge in [-0.15, -0.1) is 5.10 Å². The van der Waals surface area contributed by atoms with Crippen molar-refractivity contribution in [3.05, 3.63) is 34.8 Å². The third-order valence-electron chi connectivity index (χ3n) is 1.82. The molecular weight excluding hydrogens is 184 g/mol. The Labute approximate surface area is 79.2 Å². The molecule has 0 saturated heterocycles. The number of aromatic hydroxyl groups is 1. The van der Waals surface area contributed by atoms with Crippen molar-refractivity contribution in [2.75, 3.05) is 0 Å². The predicted molar refractivity (Wildman–Crippen MR) is 48.8 cm³/mol. The van der Waals surface area contributed by atoms with Gasteiger partial charge in [0.25, 0.3) is 5.89 Å². The molecule has 0 amide bonds. The molecule has 0 atom stereocenters. The monoisotopic (exact) mass is 192 g/mol. The molecule has 72 valence electrons. The zero-order valence-electron chi connectivity index (χ0n) is 7.47. The van der Waals surface area contributed by atoms with E-state index in [4.69, 9.17) is 4.42 Å². The Balaban J connectivity index is 2.60. The van der Waals surface area contributed by atoms with Gasteiger partial charge < -0.3 is 9.52 Å². The fourth-order valence-electron chi connectivity index (χ4n) is 1.11. The molecule has 0 bridgehead atoms. The standard InChI is InChI=1S/C9H8N2O3/c1-11-9(13)14-8(10-11)6-4-2-3-5-7(6)12/h2-5,12H,1H3. The summed E-state index contributed by atoms with van der Waals surface area (Å²) in [6.07, 6.45) is 0. The third-order valence-corrected chi connectivity index (χ3v) is 1.82. The zero-order valence-corrected chi connectivity index (χ0v) is 7.47. The van der Waals surface area contributed by atoms with Gasteiger partial charge in [-0.2, -0.15) is 4.68 Å². The number of para-hydroxylation sites is 1. The number of rotatable bonds is 1. The Morgan fingerprint density at radius 3 is 2.71 bits per heavy atom. The molecular formula is C9H8N2O3. The van der Waals surface area contributed by atoms with Gasteiger partial charge in [0.15, 0.2) is 0 Å². The van der Waals surface area contributed by atoms with Crippen molar-refractivity contribution in [3.63, 3.8) is 0 Å². The van der Waals surface area contributed by atoms with Crippen molar-refractivity contribution < 1.29 is 9.52 Å². The van der Waals surface area contributed by atoms with E-state index < -0.39 is 5.76 Å². The average molecular weight is 192 g/mol. The molecule has 5 nitrogen and oxygen atoms in total. The quantitative estimate of drug-likeness (QED) is 0.723. The van der Waals surface area contributed by atoms with E-state index in [0.717, 1.165) is 4.68 Å². The largest absolute Gasteiger partial charge is 0.507 e. The summed E-state index contributed by atoms with van der Waals surface area (Å²) in [4.78, 5) is 11.0. The lowest BCUT2D eigenvalue weighted by molar-refractivity contribution is 0.469. The summed E-state index contributed by atoms with van der Waals surface area (Å²) in [5.41, 5.74) is 0.408. The second kappa shape index (κ2) is 3.02. The summed E-state index contributed by atoms with van der Waals surface area (Å²) in [7, 11) is 1.48. The van der Waals surface area contributed by atoms with Crippen LogP contribution in [-0.2, 0) is 7.05 Å². The van der Waals surface area contributed by atoms with E-state index in [1.165, 1.54) is 13.1 Å². The van der Waals surface area contributed by atoms with E-state index in [1.54, 1.807) is 18.2 Å². The lowest BCUT2D eigenvalue weighted by atomic mass is 10.2. The Bertz CT molecular complexity index is 513. The maximum Gasteiger partial charge on any atom is 0.437 e. The minimum atomic E-state index is -0.553. The normalized spacial score (nSPS) is 10.4. The molecule has 0 aliphatic heterocycles. The molecule has 1 heterocycles. The van der Waals surface area contributed by atoms with Crippen LogP contribution in [0.3, 0.4) is 0 Å². The Morgan fingerprint density at radius 1 is 1.43 bits per heavy atom. The van der Waals surface area contributed by atoms with Gasteiger partial charge in [-0.1, -0.05) is 12.1 Å². The Morgan fingerprint density at radius 2 is 2.14 bits per heavy atom. The predicted octanol–water partition coefficient (Wildman–Crippen LogP) is 0.746. The minimum Gasteiger partial charge on any atom is -0.507 e. The van der Waals surface area contributed by atoms with E-state index in [2.05, 4.69) is 5.10 Å². The first kappa shape index (κ1) is 8.55. The maximum absolute atomic E-state index is 11.0. The molecule has 0 aliphatic rings. The van der Waals surface area contributed by atoms with E-state index in [-0.39, 0.29) is 11.6 Å². The molecule has 2 aromatic rings. The number of hydrogen-bond acceptors (Lipinski definition) is 4. The lowest BCUT2D eigenvalue weighted by Crippen LogP contribution is -2.09. The summed E-state index contributed by atoms with van der Waals surface area (Å²) in [5, 5.41) is 13.3. The maximum atomic E-state index is 11.0. The van der Waals surface area contributed by atoms with E-state index in [1.807, 2.05) is 0 Å². The van der Waals surface area contributed by atoms with Crippen LogP contribution < -0.4 is 5.76 Å². The van der Waals surface area contributed by atoms with Gasteiger partial charge in [0.1, 0.15) is 5.75 Å². The first-order valence-corrected chi connectivity index (χ1v) is 4.01. The second-order valence-corrected chi connectivity index (χ2v) is 2.81. The highest BCUT2D eigenvalue weighted by Crippen LogP contribution is 2.25. The van der Waals surface area contributed by atoms with Crippen LogP contribution in [0.4, 0.5) is 0 Å².